The van der Waals surface area contributed by atoms with E-state index in [2.05, 4.69) is 15.3 Å². The van der Waals surface area contributed by atoms with Crippen molar-refractivity contribution in [1.29, 1.82) is 0 Å². The van der Waals surface area contributed by atoms with E-state index in [-0.39, 0.29) is 0 Å². The summed E-state index contributed by atoms with van der Waals surface area (Å²) in [4.78, 5) is 8.49. The number of nitrogens with zero attached hydrogens (tertiary/aromatic N) is 3. The molecule has 0 aliphatic carbocycles. The third-order valence-electron chi connectivity index (χ3n) is 2.07. The first-order valence-electron chi connectivity index (χ1n) is 4.44. The summed E-state index contributed by atoms with van der Waals surface area (Å²) < 4.78 is 1.83. The lowest BCUT2D eigenvalue weighted by Crippen LogP contribution is -2.12. The topological polar surface area (TPSA) is 42.2 Å². The van der Waals surface area contributed by atoms with E-state index in [1.165, 1.54) is 0 Å². The first-order valence-corrected chi connectivity index (χ1v) is 4.82. The highest BCUT2D eigenvalue weighted by Crippen LogP contribution is 2.13. The van der Waals surface area contributed by atoms with Crippen LogP contribution in [0.25, 0.3) is 5.65 Å². The van der Waals surface area contributed by atoms with Gasteiger partial charge in [0.15, 0.2) is 5.65 Å². The minimum atomic E-state index is 0.619. The Bertz CT molecular complexity index is 437. The highest BCUT2D eigenvalue weighted by molar-refractivity contribution is 6.29. The highest BCUT2D eigenvalue weighted by atomic mass is 35.5. The summed E-state index contributed by atoms with van der Waals surface area (Å²) in [5.41, 5.74) is 1.81. The van der Waals surface area contributed by atoms with Crippen molar-refractivity contribution in [3.05, 3.63) is 29.4 Å². The van der Waals surface area contributed by atoms with Crippen LogP contribution in [0.3, 0.4) is 0 Å². The molecule has 0 atom stereocenters. The Balaban J connectivity index is 2.44. The molecule has 0 spiro atoms. The maximum atomic E-state index is 5.94. The zero-order valence-electron chi connectivity index (χ0n) is 7.87. The molecule has 2 aromatic rings. The molecular formula is C9H11ClN4. The van der Waals surface area contributed by atoms with Gasteiger partial charge in [0.05, 0.1) is 11.9 Å². The van der Waals surface area contributed by atoms with Gasteiger partial charge in [0.25, 0.3) is 0 Å². The second-order valence-corrected chi connectivity index (χ2v) is 3.39. The van der Waals surface area contributed by atoms with Crippen LogP contribution in [0.2, 0.25) is 5.15 Å². The SMILES string of the molecule is CNCCc1nccn2c(Cl)cnc12. The molecule has 1 N–H and O–H groups in total. The van der Waals surface area contributed by atoms with Crippen LogP contribution in [0.1, 0.15) is 5.69 Å². The Kier molecular flexibility index (Phi) is 2.65. The van der Waals surface area contributed by atoms with Gasteiger partial charge in [0.2, 0.25) is 0 Å². The van der Waals surface area contributed by atoms with Crippen LogP contribution in [0.5, 0.6) is 0 Å². The van der Waals surface area contributed by atoms with Crippen molar-refractivity contribution in [2.45, 2.75) is 6.42 Å². The molecule has 4 nitrogen and oxygen atoms in total. The van der Waals surface area contributed by atoms with Crippen molar-refractivity contribution in [3.63, 3.8) is 0 Å². The van der Waals surface area contributed by atoms with Gasteiger partial charge in [0.1, 0.15) is 5.15 Å². The maximum Gasteiger partial charge on any atom is 0.159 e. The lowest BCUT2D eigenvalue weighted by molar-refractivity contribution is 0.775. The average Bonchev–Trinajstić information content (AvgIpc) is 2.58. The Hall–Kier alpha value is -1.13. The molecule has 0 saturated heterocycles. The molecule has 0 aliphatic heterocycles. The predicted octanol–water partition coefficient (Wildman–Crippen LogP) is 1.14. The van der Waals surface area contributed by atoms with Crippen molar-refractivity contribution >= 4 is 17.2 Å². The summed E-state index contributed by atoms with van der Waals surface area (Å²) in [5, 5.41) is 3.70. The lowest BCUT2D eigenvalue weighted by atomic mass is 10.3. The van der Waals surface area contributed by atoms with E-state index < -0.39 is 0 Å². The fraction of sp³-hybridized carbons (Fsp3) is 0.333. The Labute approximate surface area is 86.9 Å². The monoisotopic (exact) mass is 210 g/mol. The van der Waals surface area contributed by atoms with Gasteiger partial charge in [-0.15, -0.1) is 0 Å². The van der Waals surface area contributed by atoms with Gasteiger partial charge in [-0.05, 0) is 7.05 Å². The van der Waals surface area contributed by atoms with E-state index in [4.69, 9.17) is 11.6 Å². The van der Waals surface area contributed by atoms with Gasteiger partial charge in [-0.1, -0.05) is 11.6 Å². The molecular weight excluding hydrogens is 200 g/mol. The Morgan fingerprint density at radius 2 is 2.36 bits per heavy atom. The summed E-state index contributed by atoms with van der Waals surface area (Å²) >= 11 is 5.94. The minimum Gasteiger partial charge on any atom is -0.319 e. The lowest BCUT2D eigenvalue weighted by Gasteiger charge is -2.01. The predicted molar refractivity (Wildman–Crippen MR) is 55.6 cm³/mol. The van der Waals surface area contributed by atoms with E-state index >= 15 is 0 Å². The van der Waals surface area contributed by atoms with Crippen LogP contribution in [-0.2, 0) is 6.42 Å². The highest BCUT2D eigenvalue weighted by Gasteiger charge is 2.05. The number of fused-ring (bicyclic) bond motifs is 1. The van der Waals surface area contributed by atoms with Crippen LogP contribution in [-0.4, -0.2) is 28.0 Å². The summed E-state index contributed by atoms with van der Waals surface area (Å²) in [7, 11) is 1.92. The maximum absolute atomic E-state index is 5.94. The third-order valence-corrected chi connectivity index (χ3v) is 2.35. The molecule has 5 heteroatoms. The van der Waals surface area contributed by atoms with E-state index in [9.17, 15) is 0 Å². The molecule has 2 heterocycles. The van der Waals surface area contributed by atoms with Crippen LogP contribution < -0.4 is 5.32 Å². The fourth-order valence-corrected chi connectivity index (χ4v) is 1.55. The number of rotatable bonds is 3. The molecule has 0 radical (unpaired) electrons. The average molecular weight is 211 g/mol. The molecule has 0 fully saturated rings. The number of likely N-dealkylation sites (N-methyl/N-ethyl adjacent to an activating group) is 1. The van der Waals surface area contributed by atoms with E-state index in [1.807, 2.05) is 17.6 Å². The number of aromatic nitrogens is 3. The van der Waals surface area contributed by atoms with Gasteiger partial charge in [-0.2, -0.15) is 0 Å². The molecule has 0 aromatic carbocycles. The molecule has 74 valence electrons. The Morgan fingerprint density at radius 1 is 1.50 bits per heavy atom. The first-order chi connectivity index (χ1) is 6.83. The third kappa shape index (κ3) is 1.58. The molecule has 0 bridgehead atoms. The first kappa shape index (κ1) is 9.43. The number of nitrogens with one attached hydrogen (secondary N) is 1. The second-order valence-electron chi connectivity index (χ2n) is 3.00. The van der Waals surface area contributed by atoms with Gasteiger partial charge in [0, 0.05) is 25.4 Å². The van der Waals surface area contributed by atoms with Crippen molar-refractivity contribution in [2.75, 3.05) is 13.6 Å². The molecule has 0 aliphatic rings. The molecule has 2 rings (SSSR count). The number of hydrogen-bond acceptors (Lipinski definition) is 3. The van der Waals surface area contributed by atoms with E-state index in [1.54, 1.807) is 12.4 Å². The van der Waals surface area contributed by atoms with Crippen molar-refractivity contribution in [3.8, 4) is 0 Å². The standard InChI is InChI=1S/C9H11ClN4/c1-11-3-2-7-9-13-6-8(10)14(9)5-4-12-7/h4-6,11H,2-3H2,1H3. The second kappa shape index (κ2) is 3.94. The molecule has 0 saturated carbocycles. The van der Waals surface area contributed by atoms with Gasteiger partial charge in [-0.3, -0.25) is 9.38 Å². The van der Waals surface area contributed by atoms with Crippen LogP contribution in [0.15, 0.2) is 18.6 Å². The van der Waals surface area contributed by atoms with E-state index in [0.717, 1.165) is 24.3 Å². The van der Waals surface area contributed by atoms with Crippen LogP contribution >= 0.6 is 11.6 Å². The van der Waals surface area contributed by atoms with Crippen molar-refractivity contribution in [2.24, 2.45) is 0 Å². The molecule has 0 unspecified atom stereocenters. The number of imidazole rings is 1. The van der Waals surface area contributed by atoms with Crippen LogP contribution in [0.4, 0.5) is 0 Å². The van der Waals surface area contributed by atoms with Gasteiger partial charge in [-0.25, -0.2) is 4.98 Å². The molecule has 14 heavy (non-hydrogen) atoms. The summed E-state index contributed by atoms with van der Waals surface area (Å²) in [6.07, 6.45) is 6.05. The molecule has 0 amide bonds. The molecule has 2 aromatic heterocycles. The normalized spacial score (nSPS) is 11.0. The van der Waals surface area contributed by atoms with E-state index in [0.29, 0.717) is 5.15 Å². The van der Waals surface area contributed by atoms with Crippen LogP contribution in [0, 0.1) is 0 Å². The quantitative estimate of drug-likeness (QED) is 0.827. The number of halogens is 1. The summed E-state index contributed by atoms with van der Waals surface area (Å²) in [5.74, 6) is 0. The number of hydrogen-bond donors (Lipinski definition) is 1. The summed E-state index contributed by atoms with van der Waals surface area (Å²) in [6.45, 7) is 0.886. The minimum absolute atomic E-state index is 0.619. The zero-order valence-corrected chi connectivity index (χ0v) is 8.62. The summed E-state index contributed by atoms with van der Waals surface area (Å²) in [6, 6.07) is 0. The van der Waals surface area contributed by atoms with Crippen molar-refractivity contribution in [1.82, 2.24) is 19.7 Å². The van der Waals surface area contributed by atoms with Gasteiger partial charge >= 0.3 is 0 Å². The smallest absolute Gasteiger partial charge is 0.159 e. The zero-order chi connectivity index (χ0) is 9.97. The van der Waals surface area contributed by atoms with Gasteiger partial charge < -0.3 is 5.32 Å². The Morgan fingerprint density at radius 3 is 3.14 bits per heavy atom. The van der Waals surface area contributed by atoms with Crippen molar-refractivity contribution < 1.29 is 0 Å². The largest absolute Gasteiger partial charge is 0.319 e. The fourth-order valence-electron chi connectivity index (χ4n) is 1.36.